The van der Waals surface area contributed by atoms with Gasteiger partial charge in [0, 0.05) is 38.5 Å². The minimum absolute atomic E-state index is 0. The van der Waals surface area contributed by atoms with Crippen molar-refractivity contribution in [2.45, 2.75) is 68.6 Å². The monoisotopic (exact) mass is 520 g/mol. The lowest BCUT2D eigenvalue weighted by atomic mass is 9.67. The van der Waals surface area contributed by atoms with E-state index in [1.807, 2.05) is 60.7 Å². The van der Waals surface area contributed by atoms with Crippen molar-refractivity contribution in [1.82, 2.24) is 0 Å². The topological polar surface area (TPSA) is 23.8 Å². The average molecular weight is 521 g/mol. The predicted molar refractivity (Wildman–Crippen MR) is 120 cm³/mol. The number of nitrogens with zero attached hydrogens (tertiary/aromatic N) is 2. The lowest BCUT2D eigenvalue weighted by molar-refractivity contribution is -0.949. The molecule has 4 atom stereocenters. The van der Waals surface area contributed by atoms with E-state index >= 15 is 0 Å². The number of halogens is 4. The van der Waals surface area contributed by atoms with Crippen molar-refractivity contribution in [1.29, 1.82) is 5.26 Å². The molecule has 2 aliphatic heterocycles. The van der Waals surface area contributed by atoms with Gasteiger partial charge < -0.3 is 21.5 Å². The number of fused-ring (bicyclic) bond motifs is 2. The van der Waals surface area contributed by atoms with Crippen LogP contribution in [0.25, 0.3) is 0 Å². The Bertz CT molecular complexity index is 886. The summed E-state index contributed by atoms with van der Waals surface area (Å²) in [7, 11) is 2.17. The summed E-state index contributed by atoms with van der Waals surface area (Å²) in [5, 5.41) is 10.5. The molecule has 0 saturated carbocycles. The van der Waals surface area contributed by atoms with Gasteiger partial charge in [0.2, 0.25) is 0 Å². The van der Waals surface area contributed by atoms with Crippen molar-refractivity contribution in [2.75, 3.05) is 13.6 Å². The zero-order valence-corrected chi connectivity index (χ0v) is 20.7. The highest BCUT2D eigenvalue weighted by Crippen LogP contribution is 2.49. The lowest BCUT2D eigenvalue weighted by Gasteiger charge is -2.48. The Morgan fingerprint density at radius 2 is 1.39 bits per heavy atom. The Balaban J connectivity index is 0.00000306. The molecule has 33 heavy (non-hydrogen) atoms. The number of rotatable bonds is 7. The SMILES string of the molecule is C[N+]1(CCCC(F)(F)F)[C@@H]2CC[C@H]1C[C@@H](CC(C#N)(c1ccccc1)c1ccccc1)C2.[Br-]. The number of nitriles is 1. The minimum atomic E-state index is -4.08. The normalized spacial score (nSPS) is 26.9. The molecule has 0 amide bonds. The molecule has 2 aromatic carbocycles. The van der Waals surface area contributed by atoms with Gasteiger partial charge in [0.15, 0.2) is 0 Å². The molecule has 4 rings (SSSR count). The third-order valence-electron chi connectivity index (χ3n) is 8.13. The summed E-state index contributed by atoms with van der Waals surface area (Å²) in [5.41, 5.74) is 1.34. The van der Waals surface area contributed by atoms with Gasteiger partial charge in [0.25, 0.3) is 0 Å². The first-order valence-electron chi connectivity index (χ1n) is 11.7. The first kappa shape index (κ1) is 25.8. The second-order valence-corrected chi connectivity index (χ2v) is 9.96. The summed E-state index contributed by atoms with van der Waals surface area (Å²) in [4.78, 5) is 0. The maximum absolute atomic E-state index is 12.7. The highest BCUT2D eigenvalue weighted by atomic mass is 79.9. The maximum Gasteiger partial charge on any atom is 0.389 e. The quantitative estimate of drug-likeness (QED) is 0.511. The molecule has 178 valence electrons. The standard InChI is InChI=1S/C27H32F3N2.BrH/c1-32(16-8-15-27(28,29)30)24-13-14-25(32)18-21(17-24)19-26(20-31,22-9-4-2-5-10-22)23-11-6-3-7-12-23;/h2-7,9-12,21,24-25H,8,13-19H2,1H3;1H/q+1;/p-1/t21-,24+,25-,32?;. The predicted octanol–water partition coefficient (Wildman–Crippen LogP) is 3.62. The van der Waals surface area contributed by atoms with E-state index in [1.54, 1.807) is 0 Å². The zero-order chi connectivity index (χ0) is 22.8. The molecule has 2 aromatic rings. The molecule has 0 spiro atoms. The first-order chi connectivity index (χ1) is 15.3. The maximum atomic E-state index is 12.7. The van der Waals surface area contributed by atoms with Crippen molar-refractivity contribution in [3.8, 4) is 6.07 Å². The summed E-state index contributed by atoms with van der Waals surface area (Å²) in [6.07, 6.45) is 0.336. The van der Waals surface area contributed by atoms with Gasteiger partial charge in [0.05, 0.1) is 31.7 Å². The van der Waals surface area contributed by atoms with Gasteiger partial charge in [-0.1, -0.05) is 60.7 Å². The van der Waals surface area contributed by atoms with Gasteiger partial charge in [-0.25, -0.2) is 0 Å². The van der Waals surface area contributed by atoms with Crippen LogP contribution >= 0.6 is 0 Å². The minimum Gasteiger partial charge on any atom is -1.00 e. The average Bonchev–Trinajstić information content (AvgIpc) is 2.94. The second-order valence-electron chi connectivity index (χ2n) is 9.96. The van der Waals surface area contributed by atoms with Gasteiger partial charge in [-0.05, 0) is 23.5 Å². The van der Waals surface area contributed by atoms with E-state index < -0.39 is 18.0 Å². The van der Waals surface area contributed by atoms with Crippen molar-refractivity contribution < 1.29 is 34.6 Å². The molecule has 2 fully saturated rings. The third kappa shape index (κ3) is 5.30. The number of piperidine rings is 1. The molecule has 1 unspecified atom stereocenters. The fraction of sp³-hybridized carbons (Fsp3) is 0.519. The molecule has 2 bridgehead atoms. The molecule has 0 aromatic heterocycles. The van der Waals surface area contributed by atoms with Crippen LogP contribution in [0.15, 0.2) is 60.7 Å². The van der Waals surface area contributed by atoms with Gasteiger partial charge in [-0.2, -0.15) is 18.4 Å². The fourth-order valence-electron chi connectivity index (χ4n) is 6.46. The number of alkyl halides is 3. The Kier molecular flexibility index (Phi) is 7.96. The molecule has 0 aliphatic carbocycles. The molecule has 2 heterocycles. The number of hydrogen-bond acceptors (Lipinski definition) is 1. The van der Waals surface area contributed by atoms with E-state index in [9.17, 15) is 18.4 Å². The van der Waals surface area contributed by atoms with Crippen LogP contribution in [0.3, 0.4) is 0 Å². The number of hydrogen-bond donors (Lipinski definition) is 0. The van der Waals surface area contributed by atoms with Crippen LogP contribution in [-0.4, -0.2) is 36.3 Å². The highest BCUT2D eigenvalue weighted by Gasteiger charge is 2.52. The molecule has 0 radical (unpaired) electrons. The first-order valence-corrected chi connectivity index (χ1v) is 11.7. The molecule has 0 N–H and O–H groups in total. The van der Waals surface area contributed by atoms with E-state index in [-0.39, 0.29) is 23.4 Å². The third-order valence-corrected chi connectivity index (χ3v) is 8.13. The van der Waals surface area contributed by atoms with Gasteiger partial charge in [-0.3, -0.25) is 0 Å². The number of benzene rings is 2. The van der Waals surface area contributed by atoms with Crippen LogP contribution in [0.1, 0.15) is 56.1 Å². The summed E-state index contributed by atoms with van der Waals surface area (Å²) in [6.45, 7) is 0.600. The van der Waals surface area contributed by atoms with E-state index in [0.29, 0.717) is 24.5 Å². The zero-order valence-electron chi connectivity index (χ0n) is 19.1. The number of quaternary nitrogens is 1. The van der Waals surface area contributed by atoms with E-state index in [4.69, 9.17) is 0 Å². The van der Waals surface area contributed by atoms with Crippen molar-refractivity contribution in [3.05, 3.63) is 71.8 Å². The summed E-state index contributed by atoms with van der Waals surface area (Å²) < 4.78 is 38.9. The van der Waals surface area contributed by atoms with E-state index in [0.717, 1.165) is 47.7 Å². The molecule has 6 heteroatoms. The Morgan fingerprint density at radius 1 is 0.909 bits per heavy atom. The van der Waals surface area contributed by atoms with Crippen LogP contribution in [-0.2, 0) is 5.41 Å². The van der Waals surface area contributed by atoms with E-state index in [1.165, 1.54) is 0 Å². The fourth-order valence-corrected chi connectivity index (χ4v) is 6.46. The van der Waals surface area contributed by atoms with Crippen LogP contribution < -0.4 is 17.0 Å². The molecule has 2 saturated heterocycles. The largest absolute Gasteiger partial charge is 1.00 e. The molecular weight excluding hydrogens is 489 g/mol. The van der Waals surface area contributed by atoms with Gasteiger partial charge in [-0.15, -0.1) is 0 Å². The summed E-state index contributed by atoms with van der Waals surface area (Å²) >= 11 is 0. The lowest BCUT2D eigenvalue weighted by Crippen LogP contribution is -3.00. The van der Waals surface area contributed by atoms with Crippen LogP contribution in [0.5, 0.6) is 0 Å². The summed E-state index contributed by atoms with van der Waals surface area (Å²) in [5.74, 6) is 0.390. The van der Waals surface area contributed by atoms with Crippen LogP contribution in [0.2, 0.25) is 0 Å². The molecule has 2 aliphatic rings. The van der Waals surface area contributed by atoms with Gasteiger partial charge in [0.1, 0.15) is 5.41 Å². The van der Waals surface area contributed by atoms with Crippen LogP contribution in [0.4, 0.5) is 13.2 Å². The van der Waals surface area contributed by atoms with Crippen molar-refractivity contribution >= 4 is 0 Å². The van der Waals surface area contributed by atoms with Crippen molar-refractivity contribution in [2.24, 2.45) is 5.92 Å². The molecule has 2 nitrogen and oxygen atoms in total. The Hall–Kier alpha value is -1.84. The van der Waals surface area contributed by atoms with Crippen LogP contribution in [0, 0.1) is 17.2 Å². The molecular formula is C27H32BrF3N2. The Morgan fingerprint density at radius 3 is 1.82 bits per heavy atom. The highest BCUT2D eigenvalue weighted by molar-refractivity contribution is 5.45. The van der Waals surface area contributed by atoms with Crippen molar-refractivity contribution in [3.63, 3.8) is 0 Å². The smallest absolute Gasteiger partial charge is 0.389 e. The van der Waals surface area contributed by atoms with Gasteiger partial charge >= 0.3 is 6.18 Å². The Labute approximate surface area is 205 Å². The second kappa shape index (κ2) is 10.2. The van der Waals surface area contributed by atoms with E-state index in [2.05, 4.69) is 13.1 Å². The summed E-state index contributed by atoms with van der Waals surface area (Å²) in [6, 6.07) is 23.6.